The summed E-state index contributed by atoms with van der Waals surface area (Å²) in [6, 6.07) is 2.38. The lowest BCUT2D eigenvalue weighted by atomic mass is 10.5. The summed E-state index contributed by atoms with van der Waals surface area (Å²) in [5.41, 5.74) is 0. The first-order valence-corrected chi connectivity index (χ1v) is 9.50. The van der Waals surface area contributed by atoms with Gasteiger partial charge in [-0.15, -0.1) is 0 Å². The predicted octanol–water partition coefficient (Wildman–Crippen LogP) is -1.00. The van der Waals surface area contributed by atoms with Crippen LogP contribution in [0, 0.1) is 0 Å². The molecule has 0 fully saturated rings. The Morgan fingerprint density at radius 3 is 2.38 bits per heavy atom. The van der Waals surface area contributed by atoms with Crippen LogP contribution in [0.1, 0.15) is 0 Å². The number of hydrogen-bond donors (Lipinski definition) is 2. The van der Waals surface area contributed by atoms with Crippen LogP contribution in [0.4, 0.5) is 0 Å². The first-order valence-electron chi connectivity index (χ1n) is 6.13. The number of nitrogens with one attached hydrogen (secondary N) is 2. The van der Waals surface area contributed by atoms with Crippen molar-refractivity contribution in [1.29, 1.82) is 0 Å². The van der Waals surface area contributed by atoms with E-state index in [1.807, 2.05) is 0 Å². The summed E-state index contributed by atoms with van der Waals surface area (Å²) in [5, 5.41) is 2.83. The second-order valence-electron chi connectivity index (χ2n) is 4.24. The van der Waals surface area contributed by atoms with Crippen LogP contribution >= 0.6 is 0 Å². The van der Waals surface area contributed by atoms with Gasteiger partial charge in [-0.1, -0.05) is 0 Å². The van der Waals surface area contributed by atoms with Gasteiger partial charge in [0.1, 0.15) is 4.90 Å². The van der Waals surface area contributed by atoms with E-state index in [0.29, 0.717) is 19.7 Å². The van der Waals surface area contributed by atoms with Crippen molar-refractivity contribution in [3.05, 3.63) is 18.3 Å². The van der Waals surface area contributed by atoms with E-state index in [1.54, 1.807) is 7.11 Å². The zero-order chi connectivity index (χ0) is 15.9. The van der Waals surface area contributed by atoms with E-state index in [1.165, 1.54) is 12.1 Å². The molecule has 10 heteroatoms. The van der Waals surface area contributed by atoms with Gasteiger partial charge in [-0.2, -0.15) is 0 Å². The van der Waals surface area contributed by atoms with Gasteiger partial charge in [-0.3, -0.25) is 0 Å². The molecule has 0 spiro atoms. The van der Waals surface area contributed by atoms with Gasteiger partial charge in [0.15, 0.2) is 14.9 Å². The Kier molecular flexibility index (Phi) is 6.68. The number of nitrogens with zero attached hydrogens (tertiary/aromatic N) is 1. The van der Waals surface area contributed by atoms with Crippen LogP contribution in [-0.2, 0) is 24.6 Å². The number of hydrogen-bond acceptors (Lipinski definition) is 7. The van der Waals surface area contributed by atoms with Crippen LogP contribution in [0.15, 0.2) is 28.3 Å². The third-order valence-corrected chi connectivity index (χ3v) is 4.92. The lowest BCUT2D eigenvalue weighted by Crippen LogP contribution is -2.33. The summed E-state index contributed by atoms with van der Waals surface area (Å²) in [4.78, 5) is 3.57. The summed E-state index contributed by atoms with van der Waals surface area (Å²) in [6.45, 7) is 1.84. The molecule has 1 aromatic heterocycles. The van der Waals surface area contributed by atoms with Crippen molar-refractivity contribution in [2.45, 2.75) is 9.92 Å². The van der Waals surface area contributed by atoms with Gasteiger partial charge in [0, 0.05) is 39.2 Å². The van der Waals surface area contributed by atoms with Crippen molar-refractivity contribution in [1.82, 2.24) is 15.0 Å². The highest BCUT2D eigenvalue weighted by Gasteiger charge is 2.15. The topological polar surface area (TPSA) is 114 Å². The van der Waals surface area contributed by atoms with Gasteiger partial charge in [0.05, 0.1) is 6.61 Å². The summed E-state index contributed by atoms with van der Waals surface area (Å²) in [5.74, 6) is 0. The number of aromatic nitrogens is 1. The van der Waals surface area contributed by atoms with E-state index in [9.17, 15) is 16.8 Å². The quantitative estimate of drug-likeness (QED) is 0.555. The van der Waals surface area contributed by atoms with Crippen LogP contribution in [0.2, 0.25) is 0 Å². The molecule has 0 amide bonds. The molecule has 2 N–H and O–H groups in total. The monoisotopic (exact) mass is 337 g/mol. The third-order valence-electron chi connectivity index (χ3n) is 2.48. The molecule has 0 saturated carbocycles. The van der Waals surface area contributed by atoms with Crippen LogP contribution in [0.5, 0.6) is 0 Å². The number of rotatable bonds is 9. The molecule has 1 aromatic rings. The number of sulfonamides is 1. The van der Waals surface area contributed by atoms with Crippen molar-refractivity contribution in [2.75, 3.05) is 39.6 Å². The van der Waals surface area contributed by atoms with E-state index in [2.05, 4.69) is 15.0 Å². The first-order chi connectivity index (χ1) is 9.77. The molecule has 0 bridgehead atoms. The van der Waals surface area contributed by atoms with Crippen LogP contribution in [-0.4, -0.2) is 61.4 Å². The van der Waals surface area contributed by atoms with Gasteiger partial charge in [0.2, 0.25) is 10.0 Å². The zero-order valence-corrected chi connectivity index (χ0v) is 13.5. The fourth-order valence-electron chi connectivity index (χ4n) is 1.40. The molecule has 21 heavy (non-hydrogen) atoms. The van der Waals surface area contributed by atoms with E-state index in [0.717, 1.165) is 12.5 Å². The van der Waals surface area contributed by atoms with Crippen molar-refractivity contribution < 1.29 is 21.6 Å². The Bertz CT molecular complexity index is 641. The molecule has 120 valence electrons. The fraction of sp³-hybridized carbons (Fsp3) is 0.545. The number of sulfone groups is 1. The lowest BCUT2D eigenvalue weighted by Gasteiger charge is -2.08. The van der Waals surface area contributed by atoms with Crippen molar-refractivity contribution in [3.63, 3.8) is 0 Å². The Hall–Kier alpha value is -1.07. The average Bonchev–Trinajstić information content (AvgIpc) is 2.42. The first kappa shape index (κ1) is 18.0. The van der Waals surface area contributed by atoms with Crippen LogP contribution < -0.4 is 10.0 Å². The third kappa shape index (κ3) is 6.06. The van der Waals surface area contributed by atoms with E-state index in [4.69, 9.17) is 4.74 Å². The van der Waals surface area contributed by atoms with Crippen LogP contribution in [0.3, 0.4) is 0 Å². The maximum absolute atomic E-state index is 11.9. The Morgan fingerprint density at radius 1 is 1.14 bits per heavy atom. The molecule has 0 aliphatic heterocycles. The molecule has 0 unspecified atom stereocenters. The van der Waals surface area contributed by atoms with Gasteiger partial charge in [-0.25, -0.2) is 26.5 Å². The van der Waals surface area contributed by atoms with Crippen molar-refractivity contribution >= 4 is 19.9 Å². The van der Waals surface area contributed by atoms with E-state index in [-0.39, 0.29) is 16.5 Å². The normalized spacial score (nSPS) is 12.5. The van der Waals surface area contributed by atoms with Crippen molar-refractivity contribution in [2.24, 2.45) is 0 Å². The minimum Gasteiger partial charge on any atom is -0.383 e. The molecular weight excluding hydrogens is 318 g/mol. The SMILES string of the molecule is COCCNCCNS(=O)(=O)c1ccc(S(C)(=O)=O)nc1. The minimum absolute atomic E-state index is 0.0770. The Morgan fingerprint density at radius 2 is 1.86 bits per heavy atom. The molecule has 0 atom stereocenters. The average molecular weight is 337 g/mol. The molecule has 0 aromatic carbocycles. The molecular formula is C11H19N3O5S2. The number of methoxy groups -OCH3 is 1. The molecule has 0 aliphatic carbocycles. The van der Waals surface area contributed by atoms with Gasteiger partial charge < -0.3 is 10.1 Å². The molecule has 0 radical (unpaired) electrons. The molecule has 0 aliphatic rings. The summed E-state index contributed by atoms with van der Waals surface area (Å²) in [7, 11) is -5.56. The van der Waals surface area contributed by atoms with Crippen LogP contribution in [0.25, 0.3) is 0 Å². The maximum Gasteiger partial charge on any atom is 0.242 e. The highest BCUT2D eigenvalue weighted by atomic mass is 32.2. The second-order valence-corrected chi connectivity index (χ2v) is 7.97. The largest absolute Gasteiger partial charge is 0.383 e. The Balaban J connectivity index is 2.58. The van der Waals surface area contributed by atoms with E-state index >= 15 is 0 Å². The van der Waals surface area contributed by atoms with Gasteiger partial charge in [0.25, 0.3) is 0 Å². The predicted molar refractivity (Wildman–Crippen MR) is 77.3 cm³/mol. The summed E-state index contributed by atoms with van der Waals surface area (Å²) < 4.78 is 53.6. The summed E-state index contributed by atoms with van der Waals surface area (Å²) in [6.07, 6.45) is 2.03. The molecule has 1 heterocycles. The number of ether oxygens (including phenoxy) is 1. The highest BCUT2D eigenvalue weighted by molar-refractivity contribution is 7.90. The molecule has 8 nitrogen and oxygen atoms in total. The zero-order valence-electron chi connectivity index (χ0n) is 11.9. The van der Waals surface area contributed by atoms with Crippen molar-refractivity contribution in [3.8, 4) is 0 Å². The summed E-state index contributed by atoms with van der Waals surface area (Å²) >= 11 is 0. The number of pyridine rings is 1. The highest BCUT2D eigenvalue weighted by Crippen LogP contribution is 2.10. The molecule has 1 rings (SSSR count). The van der Waals surface area contributed by atoms with E-state index < -0.39 is 19.9 Å². The van der Waals surface area contributed by atoms with Gasteiger partial charge >= 0.3 is 0 Å². The standard InChI is InChI=1S/C11H19N3O5S2/c1-19-8-7-12-5-6-14-21(17,18)10-3-4-11(13-9-10)20(2,15)16/h3-4,9,12,14H,5-8H2,1-2H3. The fourth-order valence-corrected chi connectivity index (χ4v) is 2.94. The molecule has 0 saturated heterocycles. The smallest absolute Gasteiger partial charge is 0.242 e. The second kappa shape index (κ2) is 7.80. The minimum atomic E-state index is -3.69. The van der Waals surface area contributed by atoms with Gasteiger partial charge in [-0.05, 0) is 12.1 Å². The Labute approximate surface area is 124 Å². The maximum atomic E-state index is 11.9. The lowest BCUT2D eigenvalue weighted by molar-refractivity contribution is 0.199.